The lowest BCUT2D eigenvalue weighted by molar-refractivity contribution is -0.137. The highest BCUT2D eigenvalue weighted by atomic mass is 19.4. The topological polar surface area (TPSA) is 123 Å². The van der Waals surface area contributed by atoms with Crippen molar-refractivity contribution in [2.75, 3.05) is 30.3 Å². The fraction of sp³-hybridized carbons (Fsp3) is 0.240. The predicted molar refractivity (Wildman–Crippen MR) is 129 cm³/mol. The van der Waals surface area contributed by atoms with Crippen LogP contribution in [0.4, 0.5) is 24.5 Å². The lowest BCUT2D eigenvalue weighted by atomic mass is 9.91. The first-order chi connectivity index (χ1) is 17.0. The summed E-state index contributed by atoms with van der Waals surface area (Å²) in [4.78, 5) is 39.4. The number of nitrogen functional groups attached to an aromatic ring is 1. The monoisotopic (exact) mass is 499 g/mol. The molecule has 1 unspecified atom stereocenters. The highest BCUT2D eigenvalue weighted by molar-refractivity contribution is 5.96. The van der Waals surface area contributed by atoms with Crippen LogP contribution in [0.15, 0.2) is 59.4 Å². The quantitative estimate of drug-likeness (QED) is 0.466. The van der Waals surface area contributed by atoms with Crippen molar-refractivity contribution < 1.29 is 22.8 Å². The number of benzene rings is 2. The SMILES string of the molecule is CC(c1cc(N)cc(C(F)(F)F)c1)c1c(C(N)=O)ccc(=O)n1-c1cccc(N2CCNCC2=O)c1. The van der Waals surface area contributed by atoms with Gasteiger partial charge < -0.3 is 21.7 Å². The van der Waals surface area contributed by atoms with Gasteiger partial charge in [0.2, 0.25) is 5.91 Å². The number of pyridine rings is 1. The molecule has 188 valence electrons. The summed E-state index contributed by atoms with van der Waals surface area (Å²) in [5, 5.41) is 2.98. The number of alkyl halides is 3. The van der Waals surface area contributed by atoms with E-state index in [-0.39, 0.29) is 35.0 Å². The van der Waals surface area contributed by atoms with Gasteiger partial charge in [0.15, 0.2) is 0 Å². The summed E-state index contributed by atoms with van der Waals surface area (Å²) in [5.74, 6) is -1.88. The van der Waals surface area contributed by atoms with Crippen molar-refractivity contribution in [2.24, 2.45) is 5.73 Å². The fourth-order valence-corrected chi connectivity index (χ4v) is 4.38. The maximum absolute atomic E-state index is 13.5. The first-order valence-electron chi connectivity index (χ1n) is 11.1. The van der Waals surface area contributed by atoms with E-state index in [1.54, 1.807) is 36.1 Å². The van der Waals surface area contributed by atoms with E-state index >= 15 is 0 Å². The Labute approximate surface area is 204 Å². The second-order valence-corrected chi connectivity index (χ2v) is 8.52. The van der Waals surface area contributed by atoms with Crippen LogP contribution in [0.25, 0.3) is 5.69 Å². The molecule has 0 radical (unpaired) electrons. The van der Waals surface area contributed by atoms with Gasteiger partial charge in [-0.25, -0.2) is 0 Å². The number of anilines is 2. The molecule has 2 heterocycles. The number of nitrogens with two attached hydrogens (primary N) is 2. The van der Waals surface area contributed by atoms with Gasteiger partial charge >= 0.3 is 6.18 Å². The maximum atomic E-state index is 13.5. The summed E-state index contributed by atoms with van der Waals surface area (Å²) in [5.41, 5.74) is 10.9. The van der Waals surface area contributed by atoms with Crippen LogP contribution in [0.5, 0.6) is 0 Å². The average molecular weight is 499 g/mol. The van der Waals surface area contributed by atoms with Gasteiger partial charge in [-0.3, -0.25) is 19.0 Å². The number of aromatic nitrogens is 1. The largest absolute Gasteiger partial charge is 0.416 e. The molecular weight excluding hydrogens is 475 g/mol. The van der Waals surface area contributed by atoms with Crippen LogP contribution in [0, 0.1) is 0 Å². The number of amides is 2. The average Bonchev–Trinajstić information content (AvgIpc) is 2.82. The Morgan fingerprint density at radius 1 is 1.06 bits per heavy atom. The fourth-order valence-electron chi connectivity index (χ4n) is 4.38. The van der Waals surface area contributed by atoms with Crippen LogP contribution in [0.2, 0.25) is 0 Å². The highest BCUT2D eigenvalue weighted by Gasteiger charge is 2.32. The molecule has 0 saturated carbocycles. The number of carbonyl (C=O) groups is 2. The van der Waals surface area contributed by atoms with E-state index in [2.05, 4.69) is 5.32 Å². The maximum Gasteiger partial charge on any atom is 0.416 e. The van der Waals surface area contributed by atoms with Crippen molar-refractivity contribution in [3.63, 3.8) is 0 Å². The Balaban J connectivity index is 1.92. The Kier molecular flexibility index (Phi) is 6.59. The van der Waals surface area contributed by atoms with Gasteiger partial charge in [0.1, 0.15) is 0 Å². The van der Waals surface area contributed by atoms with E-state index in [1.807, 2.05) is 0 Å². The summed E-state index contributed by atoms with van der Waals surface area (Å²) in [6, 6.07) is 12.1. The molecule has 2 aromatic carbocycles. The Hall–Kier alpha value is -4.12. The van der Waals surface area contributed by atoms with Crippen molar-refractivity contribution in [2.45, 2.75) is 19.0 Å². The van der Waals surface area contributed by atoms with Crippen LogP contribution < -0.4 is 27.2 Å². The Bertz CT molecular complexity index is 1400. The van der Waals surface area contributed by atoms with E-state index in [0.29, 0.717) is 24.5 Å². The number of rotatable bonds is 5. The van der Waals surface area contributed by atoms with Crippen molar-refractivity contribution in [1.29, 1.82) is 0 Å². The zero-order valence-corrected chi connectivity index (χ0v) is 19.3. The van der Waals surface area contributed by atoms with Gasteiger partial charge in [0.05, 0.1) is 23.4 Å². The molecule has 3 aromatic rings. The van der Waals surface area contributed by atoms with E-state index in [9.17, 15) is 27.6 Å². The third kappa shape index (κ3) is 4.82. The van der Waals surface area contributed by atoms with E-state index in [1.165, 1.54) is 22.8 Å². The molecule has 4 rings (SSSR count). The molecule has 36 heavy (non-hydrogen) atoms. The van der Waals surface area contributed by atoms with Crippen LogP contribution >= 0.6 is 0 Å². The van der Waals surface area contributed by atoms with Crippen LogP contribution in [0.3, 0.4) is 0 Å². The lowest BCUT2D eigenvalue weighted by Gasteiger charge is -2.28. The first-order valence-corrected chi connectivity index (χ1v) is 11.1. The van der Waals surface area contributed by atoms with Crippen LogP contribution in [-0.4, -0.2) is 36.0 Å². The van der Waals surface area contributed by atoms with Gasteiger partial charge in [0.25, 0.3) is 11.5 Å². The Morgan fingerprint density at radius 2 is 1.78 bits per heavy atom. The number of carbonyl (C=O) groups excluding carboxylic acids is 2. The molecule has 5 N–H and O–H groups in total. The van der Waals surface area contributed by atoms with E-state index in [4.69, 9.17) is 11.5 Å². The van der Waals surface area contributed by atoms with Gasteiger partial charge in [-0.15, -0.1) is 0 Å². The molecule has 11 heteroatoms. The van der Waals surface area contributed by atoms with Gasteiger partial charge in [-0.2, -0.15) is 13.2 Å². The number of halogens is 3. The minimum atomic E-state index is -4.64. The van der Waals surface area contributed by atoms with Crippen molar-refractivity contribution in [3.05, 3.63) is 87.3 Å². The molecule has 1 fully saturated rings. The number of hydrogen-bond acceptors (Lipinski definition) is 5. The number of hydrogen-bond donors (Lipinski definition) is 3. The molecule has 8 nitrogen and oxygen atoms in total. The molecule has 1 saturated heterocycles. The number of primary amides is 1. The standard InChI is InChI=1S/C25H24F3N5O3/c1-14(15-9-16(25(26,27)28)11-17(29)10-15)23-20(24(30)36)5-6-21(34)33(23)19-4-2-3-18(12-19)32-8-7-31-13-22(32)35/h2-6,9-12,14,31H,7-8,13,29H2,1H3,(H2,30,36). The van der Waals surface area contributed by atoms with Crippen molar-refractivity contribution in [1.82, 2.24) is 9.88 Å². The lowest BCUT2D eigenvalue weighted by Crippen LogP contribution is -2.48. The highest BCUT2D eigenvalue weighted by Crippen LogP contribution is 2.36. The van der Waals surface area contributed by atoms with Gasteiger partial charge in [0, 0.05) is 42.1 Å². The first kappa shape index (κ1) is 25.0. The van der Waals surface area contributed by atoms with Gasteiger partial charge in [-0.05, 0) is 48.0 Å². The summed E-state index contributed by atoms with van der Waals surface area (Å²) >= 11 is 0. The zero-order valence-electron chi connectivity index (χ0n) is 19.3. The van der Waals surface area contributed by atoms with Crippen LogP contribution in [0.1, 0.15) is 40.0 Å². The summed E-state index contributed by atoms with van der Waals surface area (Å²) in [6.07, 6.45) is -4.64. The molecule has 2 amide bonds. The van der Waals surface area contributed by atoms with E-state index in [0.717, 1.165) is 12.1 Å². The summed E-state index contributed by atoms with van der Waals surface area (Å²) in [6.45, 7) is 2.74. The number of nitrogens with one attached hydrogen (secondary N) is 1. The molecule has 0 bridgehead atoms. The smallest absolute Gasteiger partial charge is 0.399 e. The second kappa shape index (κ2) is 9.50. The molecular formula is C25H24F3N5O3. The molecule has 1 aromatic heterocycles. The number of piperazine rings is 1. The molecule has 0 spiro atoms. The summed E-state index contributed by atoms with van der Waals surface area (Å²) in [7, 11) is 0. The van der Waals surface area contributed by atoms with Crippen molar-refractivity contribution >= 4 is 23.2 Å². The minimum Gasteiger partial charge on any atom is -0.399 e. The van der Waals surface area contributed by atoms with E-state index < -0.39 is 29.1 Å². The molecule has 1 aliphatic heterocycles. The van der Waals surface area contributed by atoms with Crippen LogP contribution in [-0.2, 0) is 11.0 Å². The van der Waals surface area contributed by atoms with Crippen molar-refractivity contribution in [3.8, 4) is 5.69 Å². The Morgan fingerprint density at radius 3 is 2.44 bits per heavy atom. The second-order valence-electron chi connectivity index (χ2n) is 8.52. The molecule has 0 aliphatic carbocycles. The number of nitrogens with zero attached hydrogens (tertiary/aromatic N) is 2. The normalized spacial score (nSPS) is 15.1. The third-order valence-electron chi connectivity index (χ3n) is 6.10. The zero-order chi connectivity index (χ0) is 26.2. The van der Waals surface area contributed by atoms with Gasteiger partial charge in [-0.1, -0.05) is 13.0 Å². The summed E-state index contributed by atoms with van der Waals surface area (Å²) < 4.78 is 41.6. The predicted octanol–water partition coefficient (Wildman–Crippen LogP) is 2.63. The molecule has 1 atom stereocenters. The minimum absolute atomic E-state index is 0.0262. The third-order valence-corrected chi connectivity index (χ3v) is 6.10. The molecule has 1 aliphatic rings.